The summed E-state index contributed by atoms with van der Waals surface area (Å²) >= 11 is 0. The lowest BCUT2D eigenvalue weighted by molar-refractivity contribution is -0.301. The van der Waals surface area contributed by atoms with Crippen LogP contribution in [0.15, 0.2) is 42.2 Å². The van der Waals surface area contributed by atoms with Crippen molar-refractivity contribution in [1.82, 2.24) is 10.2 Å². The van der Waals surface area contributed by atoms with Crippen LogP contribution in [0.5, 0.6) is 0 Å². The van der Waals surface area contributed by atoms with Crippen LogP contribution in [0.1, 0.15) is 55.5 Å². The maximum atomic E-state index is 11.3. The smallest absolute Gasteiger partial charge is 0.251 e. The number of benzene rings is 1. The van der Waals surface area contributed by atoms with Crippen molar-refractivity contribution >= 4 is 11.6 Å². The first-order valence-corrected chi connectivity index (χ1v) is 12.0. The minimum absolute atomic E-state index is 0. The summed E-state index contributed by atoms with van der Waals surface area (Å²) in [6.45, 7) is 3.06. The molecule has 1 amide bonds. The van der Waals surface area contributed by atoms with Gasteiger partial charge in [-0.25, -0.2) is 0 Å². The lowest BCUT2D eigenvalue weighted by Gasteiger charge is -2.40. The molecule has 2 heterocycles. The normalized spacial score (nSPS) is 22.9. The monoisotopic (exact) mass is 489 g/mol. The second-order valence-electron chi connectivity index (χ2n) is 9.38. The number of likely N-dealkylation sites (tertiary alicyclic amines) is 1. The highest BCUT2D eigenvalue weighted by Gasteiger charge is 2.48. The highest BCUT2D eigenvalue weighted by Crippen LogP contribution is 2.41. The van der Waals surface area contributed by atoms with Gasteiger partial charge >= 0.3 is 0 Å². The number of rotatable bonds is 5. The van der Waals surface area contributed by atoms with Crippen LogP contribution in [0, 0.1) is 17.8 Å². The lowest BCUT2D eigenvalue weighted by Crippen LogP contribution is -2.54. The zero-order valence-electron chi connectivity index (χ0n) is 20.0. The van der Waals surface area contributed by atoms with Crippen LogP contribution >= 0.6 is 0 Å². The fraction of sp³-hybridized carbons (Fsp3) is 0.577. The van der Waals surface area contributed by atoms with E-state index in [1.54, 1.807) is 37.4 Å². The molecule has 2 unspecified atom stereocenters. The molecule has 196 valence electrons. The van der Waals surface area contributed by atoms with Crippen LogP contribution in [0.25, 0.3) is 5.70 Å². The second kappa shape index (κ2) is 12.9. The summed E-state index contributed by atoms with van der Waals surface area (Å²) in [5.41, 5.74) is 18.3. The van der Waals surface area contributed by atoms with E-state index in [4.69, 9.17) is 21.9 Å². The van der Waals surface area contributed by atoms with Gasteiger partial charge in [0.1, 0.15) is 0 Å². The van der Waals surface area contributed by atoms with E-state index in [0.29, 0.717) is 36.3 Å². The maximum Gasteiger partial charge on any atom is 0.251 e. The Morgan fingerprint density at radius 2 is 1.54 bits per heavy atom. The summed E-state index contributed by atoms with van der Waals surface area (Å²) in [5, 5.41) is 23.4. The molecule has 0 radical (unpaired) electrons. The number of carbonyl (C=O) groups is 1. The fourth-order valence-electron chi connectivity index (χ4n) is 5.09. The molecule has 0 spiro atoms. The van der Waals surface area contributed by atoms with Crippen LogP contribution < -0.4 is 22.5 Å². The van der Waals surface area contributed by atoms with Gasteiger partial charge in [-0.15, -0.1) is 0 Å². The summed E-state index contributed by atoms with van der Waals surface area (Å²) in [6.07, 6.45) is 8.52. The van der Waals surface area contributed by atoms with Gasteiger partial charge in [0.05, 0.1) is 5.82 Å². The number of hydrogen-bond donors (Lipinski definition) is 6. The first-order valence-electron chi connectivity index (χ1n) is 12.0. The Balaban J connectivity index is 0.000000240. The van der Waals surface area contributed by atoms with Gasteiger partial charge in [-0.1, -0.05) is 26.0 Å². The number of carbonyl (C=O) groups excluding carboxylic acids is 1. The Labute approximate surface area is 209 Å². The number of aliphatic hydroxyl groups is 2. The number of amides is 1. The van der Waals surface area contributed by atoms with Crippen LogP contribution in [0.4, 0.5) is 0 Å². The van der Waals surface area contributed by atoms with Crippen molar-refractivity contribution in [3.63, 3.8) is 0 Å². The Kier molecular flexibility index (Phi) is 10.6. The summed E-state index contributed by atoms with van der Waals surface area (Å²) in [4.78, 5) is 13.2. The molecular formula is C26H43N5O4. The van der Waals surface area contributed by atoms with Gasteiger partial charge in [0, 0.05) is 50.5 Å². The van der Waals surface area contributed by atoms with Gasteiger partial charge in [0.25, 0.3) is 5.91 Å². The third kappa shape index (κ3) is 7.44. The summed E-state index contributed by atoms with van der Waals surface area (Å²) in [6, 6.07) is 6.92. The van der Waals surface area contributed by atoms with E-state index in [1.165, 1.54) is 25.3 Å². The molecule has 3 fully saturated rings. The Morgan fingerprint density at radius 3 is 2.06 bits per heavy atom. The Hall–Kier alpha value is -2.59. The quantitative estimate of drug-likeness (QED) is 0.268. The van der Waals surface area contributed by atoms with Crippen LogP contribution in [-0.4, -0.2) is 60.3 Å². The van der Waals surface area contributed by atoms with Crippen LogP contribution in [0.3, 0.4) is 0 Å². The molecular weight excluding hydrogens is 446 g/mol. The fourth-order valence-corrected chi connectivity index (χ4v) is 5.09. The van der Waals surface area contributed by atoms with Crippen molar-refractivity contribution in [1.29, 1.82) is 0 Å². The topological polar surface area (TPSA) is 160 Å². The van der Waals surface area contributed by atoms with Gasteiger partial charge in [-0.3, -0.25) is 9.69 Å². The molecule has 1 aromatic rings. The summed E-state index contributed by atoms with van der Waals surface area (Å²) < 4.78 is 5.29. The molecule has 1 aliphatic carbocycles. The lowest BCUT2D eigenvalue weighted by atomic mass is 9.95. The highest BCUT2D eigenvalue weighted by molar-refractivity contribution is 5.94. The largest absolute Gasteiger partial charge is 0.398 e. The first kappa shape index (κ1) is 28.6. The standard InChI is InChI=1S/C13H23NO3.C12H16N4O.CH4/c15-13(16,12-4-6-17-7-5-12)14-8-10-2-1-3-11(10)9-14;1-16-12(17)9-4-2-8(3-5-9)10(13)6-7-11(14)15;/h10-12,15-16H,1-9H2;2-7H,13-15H2,1H3,(H,16,17);1H4/b;10-6-;. The SMILES string of the molecule is C.CNC(=O)c1ccc(/C(N)=C/C=C(N)N)cc1.OC(O)(C1CCOCC1)N1CC2CCCC2C1. The maximum absolute atomic E-state index is 11.3. The minimum atomic E-state index is -1.60. The number of nitrogens with zero attached hydrogens (tertiary/aromatic N) is 1. The molecule has 35 heavy (non-hydrogen) atoms. The molecule has 0 aromatic heterocycles. The number of hydrogen-bond acceptors (Lipinski definition) is 8. The third-order valence-corrected chi connectivity index (χ3v) is 7.12. The van der Waals surface area contributed by atoms with Gasteiger partial charge in [-0.2, -0.15) is 0 Å². The van der Waals surface area contributed by atoms with E-state index in [-0.39, 0.29) is 25.1 Å². The Morgan fingerprint density at radius 1 is 1.00 bits per heavy atom. The van der Waals surface area contributed by atoms with Gasteiger partial charge in [-0.05, 0) is 67.4 Å². The van der Waals surface area contributed by atoms with Crippen molar-refractivity contribution in [2.75, 3.05) is 33.4 Å². The molecule has 2 aliphatic heterocycles. The van der Waals surface area contributed by atoms with E-state index in [9.17, 15) is 15.0 Å². The molecule has 2 saturated heterocycles. The molecule has 3 aliphatic rings. The number of allylic oxidation sites excluding steroid dienone is 2. The number of nitrogens with one attached hydrogen (secondary N) is 1. The van der Waals surface area contributed by atoms with Crippen molar-refractivity contribution in [3.05, 3.63) is 53.4 Å². The van der Waals surface area contributed by atoms with Gasteiger partial charge in [0.15, 0.2) is 0 Å². The summed E-state index contributed by atoms with van der Waals surface area (Å²) in [5.74, 6) is -0.189. The number of ether oxygens (including phenoxy) is 1. The third-order valence-electron chi connectivity index (χ3n) is 7.12. The predicted molar refractivity (Wildman–Crippen MR) is 138 cm³/mol. The zero-order valence-corrected chi connectivity index (χ0v) is 20.0. The summed E-state index contributed by atoms with van der Waals surface area (Å²) in [7, 11) is 1.58. The zero-order chi connectivity index (χ0) is 24.7. The van der Waals surface area contributed by atoms with Crippen LogP contribution in [-0.2, 0) is 4.74 Å². The van der Waals surface area contributed by atoms with E-state index in [2.05, 4.69) is 5.32 Å². The van der Waals surface area contributed by atoms with Gasteiger partial charge in [0.2, 0.25) is 5.91 Å². The number of fused-ring (bicyclic) bond motifs is 1. The molecule has 4 rings (SSSR count). The van der Waals surface area contributed by atoms with Gasteiger partial charge < -0.3 is 37.5 Å². The van der Waals surface area contributed by atoms with Crippen molar-refractivity contribution in [3.8, 4) is 0 Å². The predicted octanol–water partition coefficient (Wildman–Crippen LogP) is 1.52. The average Bonchev–Trinajstić information content (AvgIpc) is 3.46. The number of nitrogens with two attached hydrogens (primary N) is 3. The van der Waals surface area contributed by atoms with E-state index in [1.807, 2.05) is 4.90 Å². The molecule has 1 saturated carbocycles. The average molecular weight is 490 g/mol. The molecule has 9 heteroatoms. The molecule has 0 bridgehead atoms. The second-order valence-corrected chi connectivity index (χ2v) is 9.38. The van der Waals surface area contributed by atoms with Crippen molar-refractivity contribution < 1.29 is 19.7 Å². The Bertz CT molecular complexity index is 862. The molecule has 1 aromatic carbocycles. The first-order chi connectivity index (χ1) is 16.2. The van der Waals surface area contributed by atoms with Crippen molar-refractivity contribution in [2.45, 2.75) is 45.4 Å². The van der Waals surface area contributed by atoms with E-state index in [0.717, 1.165) is 31.5 Å². The van der Waals surface area contributed by atoms with E-state index < -0.39 is 5.91 Å². The van der Waals surface area contributed by atoms with Crippen LogP contribution in [0.2, 0.25) is 0 Å². The van der Waals surface area contributed by atoms with E-state index >= 15 is 0 Å². The minimum Gasteiger partial charge on any atom is -0.398 e. The molecule has 9 N–H and O–H groups in total. The highest BCUT2D eigenvalue weighted by atomic mass is 16.5. The van der Waals surface area contributed by atoms with Crippen molar-refractivity contribution in [2.24, 2.45) is 35.0 Å². The molecule has 9 nitrogen and oxygen atoms in total. The molecule has 2 atom stereocenters.